The van der Waals surface area contributed by atoms with Crippen LogP contribution < -0.4 is 0 Å². The molecule has 0 spiro atoms. The summed E-state index contributed by atoms with van der Waals surface area (Å²) < 4.78 is 0. The summed E-state index contributed by atoms with van der Waals surface area (Å²) in [5.74, 6) is 0.442. The lowest BCUT2D eigenvalue weighted by Crippen LogP contribution is -2.18. The zero-order valence-corrected chi connectivity index (χ0v) is 14.7. The van der Waals surface area contributed by atoms with Crippen LogP contribution in [0.15, 0.2) is 83.9 Å². The van der Waals surface area contributed by atoms with Crippen molar-refractivity contribution < 1.29 is 0 Å². The van der Waals surface area contributed by atoms with Gasteiger partial charge in [0.2, 0.25) is 0 Å². The van der Waals surface area contributed by atoms with E-state index in [1.54, 1.807) is 0 Å². The largest absolute Gasteiger partial charge is 0.252 e. The minimum atomic E-state index is 0.442. The van der Waals surface area contributed by atoms with E-state index in [0.717, 1.165) is 24.9 Å². The maximum atomic E-state index is 5.16. The minimum absolute atomic E-state index is 0.442. The van der Waals surface area contributed by atoms with E-state index >= 15 is 0 Å². The third-order valence-electron chi connectivity index (χ3n) is 5.03. The Kier molecular flexibility index (Phi) is 4.47. The zero-order valence-electron chi connectivity index (χ0n) is 14.7. The number of aliphatic imine (C=N–C) groups is 1. The first kappa shape index (κ1) is 15.8. The van der Waals surface area contributed by atoms with Gasteiger partial charge >= 0.3 is 0 Å². The van der Waals surface area contributed by atoms with Crippen LogP contribution >= 0.6 is 0 Å². The van der Waals surface area contributed by atoms with Crippen LogP contribution in [0.4, 0.5) is 5.69 Å². The van der Waals surface area contributed by atoms with Crippen molar-refractivity contribution in [1.82, 2.24) is 0 Å². The van der Waals surface area contributed by atoms with E-state index < -0.39 is 0 Å². The molecule has 1 heteroatoms. The van der Waals surface area contributed by atoms with Crippen molar-refractivity contribution >= 4 is 11.4 Å². The van der Waals surface area contributed by atoms with Crippen molar-refractivity contribution in [3.8, 4) is 0 Å². The normalized spacial score (nSPS) is 16.7. The molecule has 1 heterocycles. The Morgan fingerprint density at radius 1 is 0.880 bits per heavy atom. The van der Waals surface area contributed by atoms with Crippen LogP contribution in [0.5, 0.6) is 0 Å². The van der Waals surface area contributed by atoms with E-state index in [0.29, 0.717) is 5.92 Å². The molecule has 3 aromatic rings. The van der Waals surface area contributed by atoms with Gasteiger partial charge in [0, 0.05) is 5.92 Å². The fraction of sp³-hybridized carbons (Fsp3) is 0.208. The van der Waals surface area contributed by atoms with Gasteiger partial charge in [0.25, 0.3) is 0 Å². The molecule has 4 rings (SSSR count). The van der Waals surface area contributed by atoms with Gasteiger partial charge < -0.3 is 0 Å². The highest BCUT2D eigenvalue weighted by Gasteiger charge is 2.22. The SMILES string of the molecule is Cc1ccc2c(c1)N=C(c1ccccc1)C(Cc1ccccc1)CC2. The molecule has 0 saturated heterocycles. The molecule has 1 aliphatic rings. The maximum absolute atomic E-state index is 5.16. The number of hydrogen-bond acceptors (Lipinski definition) is 1. The molecule has 25 heavy (non-hydrogen) atoms. The van der Waals surface area contributed by atoms with E-state index in [9.17, 15) is 0 Å². The highest BCUT2D eigenvalue weighted by Crippen LogP contribution is 2.32. The number of aryl methyl sites for hydroxylation is 2. The van der Waals surface area contributed by atoms with Crippen LogP contribution in [0.1, 0.15) is 28.7 Å². The number of rotatable bonds is 3. The van der Waals surface area contributed by atoms with Gasteiger partial charge in [0.1, 0.15) is 0 Å². The van der Waals surface area contributed by atoms with Crippen molar-refractivity contribution in [2.75, 3.05) is 0 Å². The van der Waals surface area contributed by atoms with Crippen molar-refractivity contribution in [2.45, 2.75) is 26.2 Å². The Hall–Kier alpha value is -2.67. The summed E-state index contributed by atoms with van der Waals surface area (Å²) in [6, 6.07) is 28.2. The topological polar surface area (TPSA) is 12.4 Å². The van der Waals surface area contributed by atoms with Crippen molar-refractivity contribution in [3.63, 3.8) is 0 Å². The molecule has 0 N–H and O–H groups in total. The summed E-state index contributed by atoms with van der Waals surface area (Å²) in [7, 11) is 0. The van der Waals surface area contributed by atoms with Crippen LogP contribution in [-0.4, -0.2) is 5.71 Å². The van der Waals surface area contributed by atoms with Crippen LogP contribution in [-0.2, 0) is 12.8 Å². The highest BCUT2D eigenvalue weighted by molar-refractivity contribution is 6.04. The Labute approximate surface area is 150 Å². The molecule has 1 nitrogen and oxygen atoms in total. The molecule has 0 radical (unpaired) electrons. The molecule has 1 atom stereocenters. The fourth-order valence-electron chi connectivity index (χ4n) is 3.68. The summed E-state index contributed by atoms with van der Waals surface area (Å²) in [6.45, 7) is 2.14. The van der Waals surface area contributed by atoms with Gasteiger partial charge in [-0.25, -0.2) is 0 Å². The first-order chi connectivity index (χ1) is 12.3. The second kappa shape index (κ2) is 7.06. The summed E-state index contributed by atoms with van der Waals surface area (Å²) in [4.78, 5) is 5.16. The fourth-order valence-corrected chi connectivity index (χ4v) is 3.68. The van der Waals surface area contributed by atoms with E-state index in [4.69, 9.17) is 4.99 Å². The molecule has 0 aromatic heterocycles. The average Bonchev–Trinajstić information content (AvgIpc) is 2.83. The lowest BCUT2D eigenvalue weighted by atomic mass is 9.87. The number of nitrogens with zero attached hydrogens (tertiary/aromatic N) is 1. The average molecular weight is 325 g/mol. The van der Waals surface area contributed by atoms with Gasteiger partial charge in [-0.05, 0) is 54.5 Å². The third kappa shape index (κ3) is 3.56. The first-order valence-electron chi connectivity index (χ1n) is 9.07. The molecule has 0 bridgehead atoms. The molecule has 124 valence electrons. The molecule has 1 unspecified atom stereocenters. The number of fused-ring (bicyclic) bond motifs is 1. The Bertz CT molecular complexity index is 878. The van der Waals surface area contributed by atoms with E-state index in [2.05, 4.69) is 85.8 Å². The second-order valence-corrected chi connectivity index (χ2v) is 6.92. The molecule has 0 amide bonds. The van der Waals surface area contributed by atoms with E-state index in [1.165, 1.54) is 28.0 Å². The number of benzene rings is 3. The van der Waals surface area contributed by atoms with Gasteiger partial charge in [-0.3, -0.25) is 4.99 Å². The van der Waals surface area contributed by atoms with Crippen LogP contribution in [0.3, 0.4) is 0 Å². The van der Waals surface area contributed by atoms with Gasteiger partial charge in [-0.15, -0.1) is 0 Å². The van der Waals surface area contributed by atoms with Crippen molar-refractivity contribution in [1.29, 1.82) is 0 Å². The molecule has 3 aromatic carbocycles. The Morgan fingerprint density at radius 2 is 1.60 bits per heavy atom. The quantitative estimate of drug-likeness (QED) is 0.566. The van der Waals surface area contributed by atoms with Gasteiger partial charge in [0.05, 0.1) is 11.4 Å². The van der Waals surface area contributed by atoms with Crippen molar-refractivity contribution in [2.24, 2.45) is 10.9 Å². The monoisotopic (exact) mass is 325 g/mol. The van der Waals surface area contributed by atoms with Crippen LogP contribution in [0.25, 0.3) is 0 Å². The van der Waals surface area contributed by atoms with Gasteiger partial charge in [-0.2, -0.15) is 0 Å². The van der Waals surface area contributed by atoms with E-state index in [-0.39, 0.29) is 0 Å². The molecule has 1 aliphatic heterocycles. The zero-order chi connectivity index (χ0) is 17.1. The van der Waals surface area contributed by atoms with Gasteiger partial charge in [0.15, 0.2) is 0 Å². The molecule has 0 saturated carbocycles. The summed E-state index contributed by atoms with van der Waals surface area (Å²) in [5, 5.41) is 0. The summed E-state index contributed by atoms with van der Waals surface area (Å²) in [5.41, 5.74) is 7.66. The molecule has 0 fully saturated rings. The van der Waals surface area contributed by atoms with Crippen molar-refractivity contribution in [3.05, 3.63) is 101 Å². The molecular formula is C24H23N. The van der Waals surface area contributed by atoms with E-state index in [1.807, 2.05) is 0 Å². The Morgan fingerprint density at radius 3 is 2.36 bits per heavy atom. The molecular weight excluding hydrogens is 302 g/mol. The first-order valence-corrected chi connectivity index (χ1v) is 9.07. The predicted molar refractivity (Wildman–Crippen MR) is 106 cm³/mol. The number of hydrogen-bond donors (Lipinski definition) is 0. The summed E-state index contributed by atoms with van der Waals surface area (Å²) in [6.07, 6.45) is 3.27. The smallest absolute Gasteiger partial charge is 0.0667 e. The molecule has 0 aliphatic carbocycles. The standard InChI is InChI=1S/C24H23N/c1-18-12-13-20-14-15-22(17-19-8-4-2-5-9-19)24(25-23(20)16-18)21-10-6-3-7-11-21/h2-13,16,22H,14-15,17H2,1H3. The lowest BCUT2D eigenvalue weighted by Gasteiger charge is -2.18. The highest BCUT2D eigenvalue weighted by atomic mass is 14.8. The van der Waals surface area contributed by atoms with Gasteiger partial charge in [-0.1, -0.05) is 72.8 Å². The predicted octanol–water partition coefficient (Wildman–Crippen LogP) is 5.92. The third-order valence-corrected chi connectivity index (χ3v) is 5.03. The Balaban J connectivity index is 1.77. The maximum Gasteiger partial charge on any atom is 0.0667 e. The lowest BCUT2D eigenvalue weighted by molar-refractivity contribution is 0.628. The van der Waals surface area contributed by atoms with Crippen LogP contribution in [0.2, 0.25) is 0 Å². The second-order valence-electron chi connectivity index (χ2n) is 6.92. The van der Waals surface area contributed by atoms with Crippen LogP contribution in [0, 0.1) is 12.8 Å². The summed E-state index contributed by atoms with van der Waals surface area (Å²) >= 11 is 0. The minimum Gasteiger partial charge on any atom is -0.252 e.